The van der Waals surface area contributed by atoms with Crippen molar-refractivity contribution in [2.24, 2.45) is 0 Å². The van der Waals surface area contributed by atoms with Gasteiger partial charge in [0.1, 0.15) is 0 Å². The van der Waals surface area contributed by atoms with E-state index in [4.69, 9.17) is 0 Å². The molecule has 0 fully saturated rings. The van der Waals surface area contributed by atoms with Crippen molar-refractivity contribution in [2.75, 3.05) is 0 Å². The summed E-state index contributed by atoms with van der Waals surface area (Å²) in [6.45, 7) is 0. The molecule has 0 amide bonds. The zero-order chi connectivity index (χ0) is 23.4. The fourth-order valence-electron chi connectivity index (χ4n) is 4.08. The van der Waals surface area contributed by atoms with Crippen LogP contribution in [0.2, 0.25) is 0 Å². The number of fused-ring (bicyclic) bond motifs is 3. The first-order valence-electron chi connectivity index (χ1n) is 11.7. The number of benzene rings is 4. The van der Waals surface area contributed by atoms with Gasteiger partial charge in [0.25, 0.3) is 0 Å². The average Bonchev–Trinajstić information content (AvgIpc) is 3.58. The van der Waals surface area contributed by atoms with E-state index in [1.807, 2.05) is 18.2 Å². The van der Waals surface area contributed by atoms with Gasteiger partial charge < -0.3 is 24.8 Å². The van der Waals surface area contributed by atoms with E-state index in [9.17, 15) is 0 Å². The Hall–Kier alpha value is -2.32. The van der Waals surface area contributed by atoms with Crippen molar-refractivity contribution in [3.05, 3.63) is 156 Å². The summed E-state index contributed by atoms with van der Waals surface area (Å²) in [6.07, 6.45) is 13.3. The third kappa shape index (κ3) is 9.28. The number of hydrogen-bond donors (Lipinski definition) is 0. The van der Waals surface area contributed by atoms with Crippen molar-refractivity contribution in [3.8, 4) is 11.1 Å². The van der Waals surface area contributed by atoms with E-state index < -0.39 is 0 Å². The van der Waals surface area contributed by atoms with Crippen LogP contribution in [-0.2, 0) is 43.2 Å². The molecule has 0 N–H and O–H groups in total. The van der Waals surface area contributed by atoms with Crippen LogP contribution >= 0.6 is 0 Å². The molecule has 0 unspecified atom stereocenters. The van der Waals surface area contributed by atoms with Gasteiger partial charge in [-0.05, 0) is 6.42 Å². The van der Waals surface area contributed by atoms with E-state index in [1.165, 1.54) is 57.3 Å². The monoisotopic (exact) mass is 674 g/mol. The Balaban J connectivity index is 0.000000205. The summed E-state index contributed by atoms with van der Waals surface area (Å²) < 4.78 is 1.65. The molecule has 4 aromatic rings. The van der Waals surface area contributed by atoms with Crippen molar-refractivity contribution in [3.63, 3.8) is 0 Å². The molecular formula is C33H28Cl2Hf-2. The van der Waals surface area contributed by atoms with Crippen LogP contribution in [0.4, 0.5) is 0 Å². The molecule has 0 saturated heterocycles. The molecule has 0 atom stereocenters. The minimum atomic E-state index is 0. The summed E-state index contributed by atoms with van der Waals surface area (Å²) in [7, 11) is 0. The van der Waals surface area contributed by atoms with Crippen molar-refractivity contribution in [1.82, 2.24) is 0 Å². The van der Waals surface area contributed by atoms with Gasteiger partial charge >= 0.3 is 112 Å². The second-order valence-corrected chi connectivity index (χ2v) is 10.9. The maximum Gasteiger partial charge on any atom is -0.0253 e. The number of rotatable bonds is 4. The molecule has 2 aliphatic rings. The first-order valence-corrected chi connectivity index (χ1v) is 13.5. The molecule has 0 radical (unpaired) electrons. The summed E-state index contributed by atoms with van der Waals surface area (Å²) in [4.78, 5) is 0. The summed E-state index contributed by atoms with van der Waals surface area (Å²) in [6, 6.07) is 39.6. The molecular weight excluding hydrogens is 646 g/mol. The van der Waals surface area contributed by atoms with Gasteiger partial charge in [0.05, 0.1) is 0 Å². The van der Waals surface area contributed by atoms with Crippen LogP contribution in [-0.4, -0.2) is 3.26 Å². The Labute approximate surface area is 243 Å². The zero-order valence-electron chi connectivity index (χ0n) is 20.1. The van der Waals surface area contributed by atoms with Gasteiger partial charge in [-0.3, -0.25) is 6.08 Å². The van der Waals surface area contributed by atoms with Gasteiger partial charge in [-0.2, -0.15) is 35.9 Å². The van der Waals surface area contributed by atoms with Crippen molar-refractivity contribution in [1.29, 1.82) is 0 Å². The fraction of sp³-hybridized carbons (Fsp3) is 0.121. The zero-order valence-corrected chi connectivity index (χ0v) is 25.2. The molecule has 0 spiro atoms. The molecule has 0 heterocycles. The van der Waals surface area contributed by atoms with Gasteiger partial charge in [-0.1, -0.05) is 35.4 Å². The van der Waals surface area contributed by atoms with E-state index in [-0.39, 0.29) is 24.8 Å². The Morgan fingerprint density at radius 2 is 1.28 bits per heavy atom. The fourth-order valence-corrected chi connectivity index (χ4v) is 5.55. The van der Waals surface area contributed by atoms with Crippen LogP contribution < -0.4 is 24.8 Å². The molecule has 0 aromatic heterocycles. The van der Waals surface area contributed by atoms with E-state index >= 15 is 0 Å². The van der Waals surface area contributed by atoms with Crippen LogP contribution in [0.5, 0.6) is 0 Å². The topological polar surface area (TPSA) is 0 Å². The smallest absolute Gasteiger partial charge is 0.0253 e. The van der Waals surface area contributed by atoms with Crippen LogP contribution in [0.25, 0.3) is 11.1 Å². The molecule has 2 aliphatic carbocycles. The molecule has 0 nitrogen and oxygen atoms in total. The van der Waals surface area contributed by atoms with Gasteiger partial charge in [0, 0.05) is 0 Å². The third-order valence-corrected chi connectivity index (χ3v) is 6.99. The third-order valence-electron chi connectivity index (χ3n) is 5.72. The van der Waals surface area contributed by atoms with Crippen LogP contribution in [0.3, 0.4) is 0 Å². The average molecular weight is 674 g/mol. The van der Waals surface area contributed by atoms with Crippen molar-refractivity contribution >= 4 is 3.26 Å². The Morgan fingerprint density at radius 3 is 1.83 bits per heavy atom. The van der Waals surface area contributed by atoms with Crippen molar-refractivity contribution < 1.29 is 48.7 Å². The molecule has 4 aromatic carbocycles. The standard InChI is InChI=1S/C15H14.C13H9.C5H5.2ClH.Hf/c1-3-8-14(9-4-1)12-7-13-15-10-5-2-6-11-15;1-3-7-12-10(5-1)9-11-6-2-4-8-13(11)12;1-2-4-5-3-1;;;/h1-6,8-11H,12-13H2;1-5,7-8H,9H2;1-3H,4H2;2*1H;/q;2*-1;;;+2/p-2. The van der Waals surface area contributed by atoms with Crippen LogP contribution in [0.1, 0.15) is 28.7 Å². The summed E-state index contributed by atoms with van der Waals surface area (Å²) in [5.74, 6) is 0. The Bertz CT molecular complexity index is 1160. The Kier molecular flexibility index (Phi) is 13.6. The summed E-state index contributed by atoms with van der Waals surface area (Å²) in [5, 5.41) is 0. The summed E-state index contributed by atoms with van der Waals surface area (Å²) >= 11 is 1.18. The van der Waals surface area contributed by atoms with E-state index in [0.717, 1.165) is 25.7 Å². The number of halogens is 2. The molecule has 180 valence electrons. The minimum Gasteiger partial charge on any atom is -0.179 e. The number of allylic oxidation sites excluding steroid dienone is 4. The predicted octanol–water partition coefficient (Wildman–Crippen LogP) is 1.56. The first kappa shape index (κ1) is 29.9. The molecule has 0 saturated carbocycles. The molecule has 36 heavy (non-hydrogen) atoms. The SMILES string of the molecule is [C-]1=CC=CC1.[Cl-].[Cl-].[Hf+2]=[C](Cc1ccccc1)Cc1ccccc1.[c-]1cccc2c1Cc1ccccc1-2. The molecule has 0 aliphatic heterocycles. The maximum absolute atomic E-state index is 3.30. The first-order chi connectivity index (χ1) is 16.8. The van der Waals surface area contributed by atoms with Gasteiger partial charge in [0.2, 0.25) is 0 Å². The minimum absolute atomic E-state index is 0. The van der Waals surface area contributed by atoms with E-state index in [0.29, 0.717) is 0 Å². The second-order valence-electron chi connectivity index (χ2n) is 8.33. The van der Waals surface area contributed by atoms with Crippen LogP contribution in [0.15, 0.2) is 121 Å². The maximum atomic E-state index is 3.30. The molecule has 6 rings (SSSR count). The summed E-state index contributed by atoms with van der Waals surface area (Å²) in [5.41, 5.74) is 8.38. The largest absolute Gasteiger partial charge is 0.179 e. The van der Waals surface area contributed by atoms with Gasteiger partial charge in [-0.15, -0.1) is 12.0 Å². The molecule has 3 heteroatoms. The van der Waals surface area contributed by atoms with E-state index in [2.05, 4.69) is 115 Å². The van der Waals surface area contributed by atoms with E-state index in [1.54, 1.807) is 3.26 Å². The molecule has 0 bridgehead atoms. The van der Waals surface area contributed by atoms with Gasteiger partial charge in [0.15, 0.2) is 0 Å². The van der Waals surface area contributed by atoms with Gasteiger partial charge in [-0.25, -0.2) is 12.2 Å². The van der Waals surface area contributed by atoms with Crippen molar-refractivity contribution in [2.45, 2.75) is 25.7 Å². The van der Waals surface area contributed by atoms with Crippen LogP contribution in [0, 0.1) is 12.1 Å². The quantitative estimate of drug-likeness (QED) is 0.201. The normalized spacial score (nSPS) is 11.4. The predicted molar refractivity (Wildman–Crippen MR) is 140 cm³/mol. The second kappa shape index (κ2) is 16.4. The Morgan fingerprint density at radius 1 is 0.694 bits per heavy atom. The number of hydrogen-bond acceptors (Lipinski definition) is 0.